The van der Waals surface area contributed by atoms with Crippen LogP contribution in [0.4, 0.5) is 4.39 Å². The summed E-state index contributed by atoms with van der Waals surface area (Å²) in [5.41, 5.74) is 0.830. The molecule has 0 aromatic heterocycles. The third-order valence-corrected chi connectivity index (χ3v) is 3.41. The molecule has 1 aromatic rings. The van der Waals surface area contributed by atoms with Gasteiger partial charge in [-0.3, -0.25) is 9.69 Å². The van der Waals surface area contributed by atoms with Crippen molar-refractivity contribution in [3.8, 4) is 0 Å². The predicted molar refractivity (Wildman–Crippen MR) is 66.7 cm³/mol. The topological polar surface area (TPSA) is 40.5 Å². The van der Waals surface area contributed by atoms with E-state index in [2.05, 4.69) is 0 Å². The number of hydrogen-bond acceptors (Lipinski definition) is 2. The van der Waals surface area contributed by atoms with E-state index in [1.165, 1.54) is 25.0 Å². The standard InChI is InChI=1S/C14H18FNO2/c1-10(12-3-2-4-13(15)7-12)16(9-14(17)18)8-11-5-6-11/h2-4,7,10-11H,5-6,8-9H2,1H3,(H,17,18). The largest absolute Gasteiger partial charge is 0.480 e. The van der Waals surface area contributed by atoms with Gasteiger partial charge in [0.1, 0.15) is 5.82 Å². The molecule has 0 aliphatic heterocycles. The highest BCUT2D eigenvalue weighted by molar-refractivity contribution is 5.69. The molecule has 1 unspecified atom stereocenters. The minimum absolute atomic E-state index is 0.00812. The van der Waals surface area contributed by atoms with Gasteiger partial charge in [-0.1, -0.05) is 12.1 Å². The first-order chi connectivity index (χ1) is 8.56. The zero-order valence-corrected chi connectivity index (χ0v) is 10.5. The zero-order chi connectivity index (χ0) is 13.1. The summed E-state index contributed by atoms with van der Waals surface area (Å²) >= 11 is 0. The van der Waals surface area contributed by atoms with Gasteiger partial charge in [0.05, 0.1) is 6.54 Å². The van der Waals surface area contributed by atoms with Crippen molar-refractivity contribution in [2.75, 3.05) is 13.1 Å². The van der Waals surface area contributed by atoms with Gasteiger partial charge in [0.2, 0.25) is 0 Å². The predicted octanol–water partition coefficient (Wildman–Crippen LogP) is 2.68. The normalized spacial score (nSPS) is 16.8. The summed E-state index contributed by atoms with van der Waals surface area (Å²) in [7, 11) is 0. The SMILES string of the molecule is CC(c1cccc(F)c1)N(CC(=O)O)CC1CC1. The molecule has 0 saturated heterocycles. The first kappa shape index (κ1) is 13.0. The minimum atomic E-state index is -0.834. The lowest BCUT2D eigenvalue weighted by molar-refractivity contribution is -0.139. The summed E-state index contributed by atoms with van der Waals surface area (Å²) in [4.78, 5) is 12.8. The van der Waals surface area contributed by atoms with Crippen molar-refractivity contribution >= 4 is 5.97 Å². The van der Waals surface area contributed by atoms with E-state index in [0.29, 0.717) is 5.92 Å². The van der Waals surface area contributed by atoms with E-state index in [9.17, 15) is 9.18 Å². The summed E-state index contributed by atoms with van der Waals surface area (Å²) < 4.78 is 13.2. The van der Waals surface area contributed by atoms with E-state index >= 15 is 0 Å². The molecule has 2 rings (SSSR count). The number of aliphatic carboxylic acids is 1. The average Bonchev–Trinajstić information content (AvgIpc) is 3.10. The number of hydrogen-bond donors (Lipinski definition) is 1. The Morgan fingerprint density at radius 2 is 2.28 bits per heavy atom. The van der Waals surface area contributed by atoms with Gasteiger partial charge in [-0.15, -0.1) is 0 Å². The molecule has 0 amide bonds. The van der Waals surface area contributed by atoms with Crippen molar-refractivity contribution in [2.24, 2.45) is 5.92 Å². The van der Waals surface area contributed by atoms with Crippen LogP contribution in [0.1, 0.15) is 31.4 Å². The van der Waals surface area contributed by atoms with Crippen molar-refractivity contribution < 1.29 is 14.3 Å². The van der Waals surface area contributed by atoms with Gasteiger partial charge in [0.15, 0.2) is 0 Å². The summed E-state index contributed by atoms with van der Waals surface area (Å²) in [5.74, 6) is -0.500. The zero-order valence-electron chi connectivity index (χ0n) is 10.5. The van der Waals surface area contributed by atoms with Gasteiger partial charge in [0, 0.05) is 12.6 Å². The van der Waals surface area contributed by atoms with E-state index in [1.54, 1.807) is 6.07 Å². The van der Waals surface area contributed by atoms with Gasteiger partial charge in [-0.2, -0.15) is 0 Å². The number of halogens is 1. The summed E-state index contributed by atoms with van der Waals surface area (Å²) in [5, 5.41) is 8.95. The Morgan fingerprint density at radius 3 is 2.83 bits per heavy atom. The quantitative estimate of drug-likeness (QED) is 0.845. The first-order valence-corrected chi connectivity index (χ1v) is 6.27. The molecule has 0 radical (unpaired) electrons. The number of carboxylic acids is 1. The van der Waals surface area contributed by atoms with Gasteiger partial charge in [-0.25, -0.2) is 4.39 Å². The second kappa shape index (κ2) is 5.48. The van der Waals surface area contributed by atoms with Crippen molar-refractivity contribution in [1.29, 1.82) is 0 Å². The lowest BCUT2D eigenvalue weighted by atomic mass is 10.1. The molecular formula is C14H18FNO2. The highest BCUT2D eigenvalue weighted by Crippen LogP contribution is 2.32. The van der Waals surface area contributed by atoms with Gasteiger partial charge in [0.25, 0.3) is 0 Å². The van der Waals surface area contributed by atoms with E-state index < -0.39 is 5.97 Å². The average molecular weight is 251 g/mol. The number of carbonyl (C=O) groups is 1. The van der Waals surface area contributed by atoms with Crippen LogP contribution in [0, 0.1) is 11.7 Å². The van der Waals surface area contributed by atoms with E-state index in [1.807, 2.05) is 17.9 Å². The Labute approximate surface area is 106 Å². The van der Waals surface area contributed by atoms with Crippen LogP contribution in [-0.2, 0) is 4.79 Å². The first-order valence-electron chi connectivity index (χ1n) is 6.27. The second-order valence-electron chi connectivity index (χ2n) is 5.00. The summed E-state index contributed by atoms with van der Waals surface area (Å²) in [6, 6.07) is 6.31. The number of nitrogens with zero attached hydrogens (tertiary/aromatic N) is 1. The van der Waals surface area contributed by atoms with Gasteiger partial charge >= 0.3 is 5.97 Å². The van der Waals surface area contributed by atoms with Crippen LogP contribution in [-0.4, -0.2) is 29.1 Å². The number of benzene rings is 1. The van der Waals surface area contributed by atoms with E-state index in [4.69, 9.17) is 5.11 Å². The molecule has 1 saturated carbocycles. The van der Waals surface area contributed by atoms with Crippen molar-refractivity contribution in [1.82, 2.24) is 4.90 Å². The van der Waals surface area contributed by atoms with Crippen molar-refractivity contribution in [3.63, 3.8) is 0 Å². The molecule has 98 valence electrons. The van der Waals surface area contributed by atoms with Crippen LogP contribution in [0.3, 0.4) is 0 Å². The molecule has 0 heterocycles. The Balaban J connectivity index is 2.10. The Bertz CT molecular complexity index is 432. The monoisotopic (exact) mass is 251 g/mol. The van der Waals surface area contributed by atoms with Crippen LogP contribution < -0.4 is 0 Å². The van der Waals surface area contributed by atoms with Crippen molar-refractivity contribution in [3.05, 3.63) is 35.6 Å². The maximum atomic E-state index is 13.2. The van der Waals surface area contributed by atoms with Crippen LogP contribution in [0.2, 0.25) is 0 Å². The van der Waals surface area contributed by atoms with E-state index in [0.717, 1.165) is 12.1 Å². The molecule has 1 aliphatic rings. The maximum Gasteiger partial charge on any atom is 0.317 e. The lowest BCUT2D eigenvalue weighted by Crippen LogP contribution is -2.34. The molecule has 1 fully saturated rings. The number of carboxylic acid groups (broad SMARTS) is 1. The maximum absolute atomic E-state index is 13.2. The fourth-order valence-electron chi connectivity index (χ4n) is 2.14. The second-order valence-corrected chi connectivity index (χ2v) is 5.00. The molecule has 0 spiro atoms. The smallest absolute Gasteiger partial charge is 0.317 e. The summed E-state index contributed by atoms with van der Waals surface area (Å²) in [6.07, 6.45) is 2.35. The van der Waals surface area contributed by atoms with Crippen LogP contribution in [0.25, 0.3) is 0 Å². The molecular weight excluding hydrogens is 233 g/mol. The highest BCUT2D eigenvalue weighted by atomic mass is 19.1. The molecule has 18 heavy (non-hydrogen) atoms. The minimum Gasteiger partial charge on any atom is -0.480 e. The number of rotatable bonds is 6. The molecule has 3 nitrogen and oxygen atoms in total. The van der Waals surface area contributed by atoms with Gasteiger partial charge in [-0.05, 0) is 43.4 Å². The third-order valence-electron chi connectivity index (χ3n) is 3.41. The third kappa shape index (κ3) is 3.53. The Morgan fingerprint density at radius 1 is 1.56 bits per heavy atom. The Hall–Kier alpha value is -1.42. The molecule has 4 heteroatoms. The van der Waals surface area contributed by atoms with E-state index in [-0.39, 0.29) is 18.4 Å². The fraction of sp³-hybridized carbons (Fsp3) is 0.500. The van der Waals surface area contributed by atoms with Crippen LogP contribution >= 0.6 is 0 Å². The molecule has 1 aromatic carbocycles. The highest BCUT2D eigenvalue weighted by Gasteiger charge is 2.28. The van der Waals surface area contributed by atoms with Gasteiger partial charge < -0.3 is 5.11 Å². The molecule has 0 bridgehead atoms. The van der Waals surface area contributed by atoms with Crippen LogP contribution in [0.5, 0.6) is 0 Å². The fourth-order valence-corrected chi connectivity index (χ4v) is 2.14. The lowest BCUT2D eigenvalue weighted by Gasteiger charge is -2.27. The van der Waals surface area contributed by atoms with Crippen LogP contribution in [0.15, 0.2) is 24.3 Å². The molecule has 1 aliphatic carbocycles. The summed E-state index contributed by atoms with van der Waals surface area (Å²) in [6.45, 7) is 2.72. The molecule has 1 atom stereocenters. The molecule has 1 N–H and O–H groups in total. The Kier molecular flexibility index (Phi) is 3.97. The van der Waals surface area contributed by atoms with Crippen molar-refractivity contribution in [2.45, 2.75) is 25.8 Å².